The van der Waals surface area contributed by atoms with Gasteiger partial charge in [0, 0.05) is 0 Å². The molecule has 0 fully saturated rings. The van der Waals surface area contributed by atoms with Gasteiger partial charge in [-0.3, -0.25) is 9.59 Å². The average Bonchev–Trinajstić information content (AvgIpc) is 2.25. The van der Waals surface area contributed by atoms with Crippen molar-refractivity contribution >= 4 is 11.8 Å². The standard InChI is InChI=1S/C12H25N3O2/c1-6-12(7-2,11(13)17)15-10(16)9(14-5)8(3)4/h8-9,14H,6-7H2,1-5H3,(H2,13,17)(H,15,16)/t9-/m0/s1. The van der Waals surface area contributed by atoms with E-state index < -0.39 is 11.4 Å². The van der Waals surface area contributed by atoms with Gasteiger partial charge in [-0.2, -0.15) is 0 Å². The van der Waals surface area contributed by atoms with Crippen molar-refractivity contribution in [3.8, 4) is 0 Å². The summed E-state index contributed by atoms with van der Waals surface area (Å²) in [7, 11) is 1.73. The molecule has 2 amide bonds. The molecule has 100 valence electrons. The second kappa shape index (κ2) is 6.59. The highest BCUT2D eigenvalue weighted by Gasteiger charge is 2.36. The van der Waals surface area contributed by atoms with Crippen molar-refractivity contribution in [1.29, 1.82) is 0 Å². The van der Waals surface area contributed by atoms with Crippen LogP contribution in [0.25, 0.3) is 0 Å². The predicted molar refractivity (Wildman–Crippen MR) is 68.3 cm³/mol. The molecule has 0 aliphatic carbocycles. The molecule has 4 N–H and O–H groups in total. The maximum absolute atomic E-state index is 12.1. The SMILES string of the molecule is CCC(CC)(NC(=O)[C@@H](NC)C(C)C)C(N)=O. The fourth-order valence-electron chi connectivity index (χ4n) is 1.92. The topological polar surface area (TPSA) is 84.2 Å². The largest absolute Gasteiger partial charge is 0.368 e. The van der Waals surface area contributed by atoms with Crippen LogP contribution in [-0.4, -0.2) is 30.4 Å². The lowest BCUT2D eigenvalue weighted by molar-refractivity contribution is -0.133. The molecular weight excluding hydrogens is 218 g/mol. The highest BCUT2D eigenvalue weighted by molar-refractivity contribution is 5.92. The molecule has 0 saturated heterocycles. The number of hydrogen-bond donors (Lipinski definition) is 3. The zero-order valence-corrected chi connectivity index (χ0v) is 11.5. The number of hydrogen-bond acceptors (Lipinski definition) is 3. The maximum Gasteiger partial charge on any atom is 0.243 e. The van der Waals surface area contributed by atoms with Gasteiger partial charge >= 0.3 is 0 Å². The van der Waals surface area contributed by atoms with E-state index in [1.54, 1.807) is 7.05 Å². The Balaban J connectivity index is 4.89. The minimum atomic E-state index is -0.929. The van der Waals surface area contributed by atoms with E-state index in [0.717, 1.165) is 0 Å². The number of nitrogens with two attached hydrogens (primary N) is 1. The second-order valence-electron chi connectivity index (χ2n) is 4.65. The minimum absolute atomic E-state index is 0.152. The van der Waals surface area contributed by atoms with Crippen LogP contribution in [0.4, 0.5) is 0 Å². The molecule has 0 aliphatic rings. The van der Waals surface area contributed by atoms with Crippen LogP contribution < -0.4 is 16.4 Å². The first-order valence-corrected chi connectivity index (χ1v) is 6.13. The number of carbonyl (C=O) groups is 2. The lowest BCUT2D eigenvalue weighted by Crippen LogP contribution is -2.60. The van der Waals surface area contributed by atoms with E-state index >= 15 is 0 Å². The Bertz CT molecular complexity index is 273. The quantitative estimate of drug-likeness (QED) is 0.605. The van der Waals surface area contributed by atoms with Crippen LogP contribution >= 0.6 is 0 Å². The highest BCUT2D eigenvalue weighted by Crippen LogP contribution is 2.15. The Hall–Kier alpha value is -1.10. The fraction of sp³-hybridized carbons (Fsp3) is 0.833. The van der Waals surface area contributed by atoms with Crippen LogP contribution in [0.2, 0.25) is 0 Å². The van der Waals surface area contributed by atoms with Crippen molar-refractivity contribution in [1.82, 2.24) is 10.6 Å². The van der Waals surface area contributed by atoms with E-state index in [4.69, 9.17) is 5.73 Å². The number of nitrogens with one attached hydrogen (secondary N) is 2. The molecule has 0 radical (unpaired) electrons. The van der Waals surface area contributed by atoms with Gasteiger partial charge in [-0.15, -0.1) is 0 Å². The minimum Gasteiger partial charge on any atom is -0.368 e. The lowest BCUT2D eigenvalue weighted by Gasteiger charge is -2.32. The first-order valence-electron chi connectivity index (χ1n) is 6.13. The second-order valence-corrected chi connectivity index (χ2v) is 4.65. The summed E-state index contributed by atoms with van der Waals surface area (Å²) in [6.45, 7) is 7.59. The maximum atomic E-state index is 12.1. The monoisotopic (exact) mass is 243 g/mol. The molecule has 0 bridgehead atoms. The third kappa shape index (κ3) is 3.70. The van der Waals surface area contributed by atoms with Crippen molar-refractivity contribution in [2.24, 2.45) is 11.7 Å². The van der Waals surface area contributed by atoms with Crippen molar-refractivity contribution in [2.75, 3.05) is 7.05 Å². The first-order chi connectivity index (χ1) is 7.84. The Morgan fingerprint density at radius 2 is 1.71 bits per heavy atom. The van der Waals surface area contributed by atoms with Gasteiger partial charge in [0.05, 0.1) is 6.04 Å². The fourth-order valence-corrected chi connectivity index (χ4v) is 1.92. The van der Waals surface area contributed by atoms with Gasteiger partial charge in [-0.05, 0) is 25.8 Å². The van der Waals surface area contributed by atoms with E-state index in [2.05, 4.69) is 10.6 Å². The molecule has 0 rings (SSSR count). The number of primary amides is 1. The zero-order valence-electron chi connectivity index (χ0n) is 11.5. The molecule has 0 aliphatic heterocycles. The van der Waals surface area contributed by atoms with E-state index in [1.165, 1.54) is 0 Å². The summed E-state index contributed by atoms with van der Waals surface area (Å²) in [6, 6.07) is -0.313. The number of likely N-dealkylation sites (N-methyl/N-ethyl adjacent to an activating group) is 1. The van der Waals surface area contributed by atoms with Gasteiger partial charge in [0.15, 0.2) is 0 Å². The molecule has 0 aromatic heterocycles. The summed E-state index contributed by atoms with van der Waals surface area (Å²) in [4.78, 5) is 23.6. The van der Waals surface area contributed by atoms with Crippen molar-refractivity contribution < 1.29 is 9.59 Å². The Morgan fingerprint density at radius 3 is 1.94 bits per heavy atom. The van der Waals surface area contributed by atoms with Crippen molar-refractivity contribution in [3.05, 3.63) is 0 Å². The summed E-state index contributed by atoms with van der Waals surface area (Å²) in [5.41, 5.74) is 4.46. The van der Waals surface area contributed by atoms with Gasteiger partial charge in [-0.25, -0.2) is 0 Å². The van der Waals surface area contributed by atoms with Crippen LogP contribution in [0.15, 0.2) is 0 Å². The van der Waals surface area contributed by atoms with E-state index in [9.17, 15) is 9.59 Å². The molecular formula is C12H25N3O2. The number of carbonyl (C=O) groups excluding carboxylic acids is 2. The number of amides is 2. The Labute approximate surface area is 104 Å². The molecule has 0 saturated carbocycles. The highest BCUT2D eigenvalue weighted by atomic mass is 16.2. The van der Waals surface area contributed by atoms with Crippen LogP contribution in [0.1, 0.15) is 40.5 Å². The predicted octanol–water partition coefficient (Wildman–Crippen LogP) is 0.391. The Morgan fingerprint density at radius 1 is 1.24 bits per heavy atom. The smallest absolute Gasteiger partial charge is 0.243 e. The molecule has 5 nitrogen and oxygen atoms in total. The van der Waals surface area contributed by atoms with E-state index in [1.807, 2.05) is 27.7 Å². The van der Waals surface area contributed by atoms with Crippen molar-refractivity contribution in [3.63, 3.8) is 0 Å². The van der Waals surface area contributed by atoms with Crippen LogP contribution in [0.5, 0.6) is 0 Å². The van der Waals surface area contributed by atoms with Crippen LogP contribution in [-0.2, 0) is 9.59 Å². The third-order valence-corrected chi connectivity index (χ3v) is 3.30. The average molecular weight is 243 g/mol. The molecule has 0 heterocycles. The normalized spacial score (nSPS) is 13.5. The molecule has 0 spiro atoms. The van der Waals surface area contributed by atoms with Crippen LogP contribution in [0.3, 0.4) is 0 Å². The molecule has 5 heteroatoms. The summed E-state index contributed by atoms with van der Waals surface area (Å²) < 4.78 is 0. The molecule has 0 unspecified atom stereocenters. The van der Waals surface area contributed by atoms with Crippen molar-refractivity contribution in [2.45, 2.75) is 52.1 Å². The van der Waals surface area contributed by atoms with Gasteiger partial charge < -0.3 is 16.4 Å². The molecule has 17 heavy (non-hydrogen) atoms. The lowest BCUT2D eigenvalue weighted by atomic mass is 9.90. The first kappa shape index (κ1) is 15.9. The van der Waals surface area contributed by atoms with E-state index in [0.29, 0.717) is 12.8 Å². The summed E-state index contributed by atoms with van der Waals surface area (Å²) >= 11 is 0. The summed E-state index contributed by atoms with van der Waals surface area (Å²) in [6.07, 6.45) is 0.998. The summed E-state index contributed by atoms with van der Waals surface area (Å²) in [5.74, 6) is -0.501. The van der Waals surface area contributed by atoms with E-state index in [-0.39, 0.29) is 17.9 Å². The molecule has 0 aromatic carbocycles. The van der Waals surface area contributed by atoms with Gasteiger partial charge in [0.25, 0.3) is 0 Å². The zero-order chi connectivity index (χ0) is 13.6. The van der Waals surface area contributed by atoms with Crippen LogP contribution in [0, 0.1) is 5.92 Å². The Kier molecular flexibility index (Phi) is 6.16. The van der Waals surface area contributed by atoms with Gasteiger partial charge in [0.1, 0.15) is 5.54 Å². The van der Waals surface area contributed by atoms with Gasteiger partial charge in [0.2, 0.25) is 11.8 Å². The molecule has 1 atom stereocenters. The summed E-state index contributed by atoms with van der Waals surface area (Å²) in [5, 5.41) is 5.73. The number of rotatable bonds is 7. The van der Waals surface area contributed by atoms with Gasteiger partial charge in [-0.1, -0.05) is 27.7 Å². The third-order valence-electron chi connectivity index (χ3n) is 3.30. The molecule has 0 aromatic rings.